The lowest BCUT2D eigenvalue weighted by Crippen LogP contribution is -2.21. The molecule has 4 rings (SSSR count). The van der Waals surface area contributed by atoms with E-state index in [-0.39, 0.29) is 28.3 Å². The zero-order valence-electron chi connectivity index (χ0n) is 11.6. The number of carbonyl (C=O) groups is 2. The minimum absolute atomic E-state index is 0.121. The van der Waals surface area contributed by atoms with Gasteiger partial charge in [0, 0.05) is 22.7 Å². The zero-order chi connectivity index (χ0) is 14.9. The van der Waals surface area contributed by atoms with Crippen molar-refractivity contribution in [1.82, 2.24) is 4.57 Å². The van der Waals surface area contributed by atoms with Crippen LogP contribution in [-0.4, -0.2) is 21.2 Å². The molecule has 1 aliphatic heterocycles. The van der Waals surface area contributed by atoms with E-state index >= 15 is 0 Å². The number of aromatic hydroxyl groups is 1. The van der Waals surface area contributed by atoms with Gasteiger partial charge < -0.3 is 9.67 Å². The third-order valence-corrected chi connectivity index (χ3v) is 5.48. The number of phenols is 1. The number of thioether (sulfide) groups is 1. The van der Waals surface area contributed by atoms with Crippen molar-refractivity contribution in [3.8, 4) is 5.75 Å². The molecule has 5 heteroatoms. The summed E-state index contributed by atoms with van der Waals surface area (Å²) in [5, 5.41) is 10.2. The topological polar surface area (TPSA) is 59.3 Å². The number of phenolic OH excluding ortho intramolecular Hbond substituents is 1. The highest BCUT2D eigenvalue weighted by Gasteiger charge is 2.40. The Balaban J connectivity index is 2.08. The fraction of sp³-hybridized carbons (Fsp3) is 0.250. The number of benzene rings is 1. The van der Waals surface area contributed by atoms with Gasteiger partial charge in [-0.15, -0.1) is 11.8 Å². The van der Waals surface area contributed by atoms with E-state index in [0.29, 0.717) is 16.7 Å². The molecule has 0 bridgehead atoms. The van der Waals surface area contributed by atoms with Gasteiger partial charge in [-0.05, 0) is 19.9 Å². The third kappa shape index (κ3) is 1.42. The molecule has 0 fully saturated rings. The summed E-state index contributed by atoms with van der Waals surface area (Å²) in [6.45, 7) is 3.94. The van der Waals surface area contributed by atoms with E-state index in [9.17, 15) is 14.7 Å². The minimum atomic E-state index is -0.241. The van der Waals surface area contributed by atoms with Crippen molar-refractivity contribution in [2.24, 2.45) is 0 Å². The van der Waals surface area contributed by atoms with Crippen LogP contribution in [0.2, 0.25) is 0 Å². The van der Waals surface area contributed by atoms with Crippen molar-refractivity contribution in [2.75, 3.05) is 0 Å². The lowest BCUT2D eigenvalue weighted by molar-refractivity contribution is 0.0976. The molecule has 0 radical (unpaired) electrons. The summed E-state index contributed by atoms with van der Waals surface area (Å²) in [5.41, 5.74) is 3.22. The molecule has 2 aliphatic rings. The number of fused-ring (bicyclic) bond motifs is 4. The van der Waals surface area contributed by atoms with Gasteiger partial charge in [0.2, 0.25) is 0 Å². The van der Waals surface area contributed by atoms with E-state index in [4.69, 9.17) is 0 Å². The lowest BCUT2D eigenvalue weighted by Gasteiger charge is -2.17. The largest absolute Gasteiger partial charge is 0.507 e. The van der Waals surface area contributed by atoms with E-state index in [2.05, 4.69) is 11.5 Å². The number of aromatic nitrogens is 1. The summed E-state index contributed by atoms with van der Waals surface area (Å²) < 4.78 is 2.08. The Morgan fingerprint density at radius 2 is 1.95 bits per heavy atom. The lowest BCUT2D eigenvalue weighted by atomic mass is 9.84. The molecule has 0 spiro atoms. The van der Waals surface area contributed by atoms with Crippen LogP contribution in [0.1, 0.15) is 55.5 Å². The summed E-state index contributed by atoms with van der Waals surface area (Å²) in [6.07, 6.45) is 0. The molecule has 1 aromatic heterocycles. The summed E-state index contributed by atoms with van der Waals surface area (Å²) >= 11 is 1.76. The molecule has 1 aromatic carbocycles. The first kappa shape index (κ1) is 12.7. The number of rotatable bonds is 0. The van der Waals surface area contributed by atoms with Crippen LogP contribution < -0.4 is 0 Å². The van der Waals surface area contributed by atoms with Crippen LogP contribution in [0, 0.1) is 6.92 Å². The number of hydrogen-bond donors (Lipinski definition) is 1. The van der Waals surface area contributed by atoms with Crippen molar-refractivity contribution in [3.05, 3.63) is 51.8 Å². The maximum Gasteiger partial charge on any atom is 0.200 e. The van der Waals surface area contributed by atoms with Crippen molar-refractivity contribution < 1.29 is 14.7 Å². The van der Waals surface area contributed by atoms with Gasteiger partial charge in [0.05, 0.1) is 22.1 Å². The number of carbonyl (C=O) groups excluding carboxylic acids is 2. The molecule has 2 heterocycles. The van der Waals surface area contributed by atoms with Gasteiger partial charge in [0.1, 0.15) is 5.75 Å². The van der Waals surface area contributed by atoms with Gasteiger partial charge in [0.15, 0.2) is 11.6 Å². The van der Waals surface area contributed by atoms with Gasteiger partial charge in [-0.25, -0.2) is 0 Å². The Morgan fingerprint density at radius 1 is 1.19 bits per heavy atom. The van der Waals surface area contributed by atoms with E-state index < -0.39 is 0 Å². The molecule has 0 saturated heterocycles. The number of hydrogen-bond acceptors (Lipinski definition) is 4. The summed E-state index contributed by atoms with van der Waals surface area (Å²) in [7, 11) is 0. The van der Waals surface area contributed by atoms with Crippen LogP contribution in [0.4, 0.5) is 0 Å². The van der Waals surface area contributed by atoms with Crippen LogP contribution >= 0.6 is 11.8 Å². The van der Waals surface area contributed by atoms with E-state index in [1.807, 2.05) is 6.92 Å². The summed E-state index contributed by atoms with van der Waals surface area (Å²) in [5.74, 6) is 0.228. The molecule has 2 aromatic rings. The summed E-state index contributed by atoms with van der Waals surface area (Å²) in [4.78, 5) is 25.6. The fourth-order valence-electron chi connectivity index (χ4n) is 3.43. The van der Waals surface area contributed by atoms with E-state index in [1.165, 1.54) is 6.07 Å². The van der Waals surface area contributed by atoms with Crippen molar-refractivity contribution in [2.45, 2.75) is 25.0 Å². The Labute approximate surface area is 125 Å². The van der Waals surface area contributed by atoms with Gasteiger partial charge >= 0.3 is 0 Å². The maximum absolute atomic E-state index is 12.8. The zero-order valence-corrected chi connectivity index (χ0v) is 12.5. The predicted molar refractivity (Wildman–Crippen MR) is 80.1 cm³/mol. The SMILES string of the molecule is Cc1c2c(c3n1[C@@H](C)SC3)C(=O)c1cccc(O)c1C2=O. The molecule has 1 N–H and O–H groups in total. The fourth-order valence-corrected chi connectivity index (χ4v) is 4.54. The second-order valence-electron chi connectivity index (χ2n) is 5.42. The predicted octanol–water partition coefficient (Wildman–Crippen LogP) is 3.04. The Morgan fingerprint density at radius 3 is 2.71 bits per heavy atom. The molecular formula is C16H13NO3S. The van der Waals surface area contributed by atoms with Crippen molar-refractivity contribution in [3.63, 3.8) is 0 Å². The Bertz CT molecular complexity index is 835. The molecule has 0 saturated carbocycles. The van der Waals surface area contributed by atoms with E-state index in [1.54, 1.807) is 23.9 Å². The van der Waals surface area contributed by atoms with Crippen LogP contribution in [-0.2, 0) is 5.75 Å². The average molecular weight is 299 g/mol. The summed E-state index contributed by atoms with van der Waals surface area (Å²) in [6, 6.07) is 4.67. The van der Waals surface area contributed by atoms with E-state index in [0.717, 1.165) is 17.1 Å². The first-order chi connectivity index (χ1) is 10.0. The first-order valence-corrected chi connectivity index (χ1v) is 7.84. The normalized spacial score (nSPS) is 19.4. The molecule has 0 amide bonds. The van der Waals surface area contributed by atoms with Crippen molar-refractivity contribution >= 4 is 23.3 Å². The van der Waals surface area contributed by atoms with Crippen LogP contribution in [0.25, 0.3) is 0 Å². The molecule has 21 heavy (non-hydrogen) atoms. The first-order valence-electron chi connectivity index (χ1n) is 6.79. The molecular weight excluding hydrogens is 286 g/mol. The Hall–Kier alpha value is -2.01. The molecule has 4 nitrogen and oxygen atoms in total. The maximum atomic E-state index is 12.8. The van der Waals surface area contributed by atoms with Gasteiger partial charge in [0.25, 0.3) is 0 Å². The molecule has 0 unspecified atom stereocenters. The second-order valence-corrected chi connectivity index (χ2v) is 6.72. The van der Waals surface area contributed by atoms with Crippen molar-refractivity contribution in [1.29, 1.82) is 0 Å². The van der Waals surface area contributed by atoms with Crippen LogP contribution in [0.3, 0.4) is 0 Å². The smallest absolute Gasteiger partial charge is 0.200 e. The highest BCUT2D eigenvalue weighted by Crippen LogP contribution is 2.45. The van der Waals surface area contributed by atoms with Gasteiger partial charge in [-0.3, -0.25) is 9.59 Å². The van der Waals surface area contributed by atoms with Gasteiger partial charge in [-0.2, -0.15) is 0 Å². The number of ketones is 2. The third-order valence-electron chi connectivity index (χ3n) is 4.35. The average Bonchev–Trinajstić information content (AvgIpc) is 2.96. The highest BCUT2D eigenvalue weighted by atomic mass is 32.2. The highest BCUT2D eigenvalue weighted by molar-refractivity contribution is 7.98. The monoisotopic (exact) mass is 299 g/mol. The molecule has 106 valence electrons. The standard InChI is InChI=1S/C16H13NO3S/c1-7-12-14(10-6-21-8(2)17(7)10)15(19)9-4-3-5-11(18)13(9)16(12)20/h3-5,8,18H,6H2,1-2H3/t8-/m1/s1. The minimum Gasteiger partial charge on any atom is -0.507 e. The quantitative estimate of drug-likeness (QED) is 0.693. The van der Waals surface area contributed by atoms with Crippen LogP contribution in [0.15, 0.2) is 18.2 Å². The Kier molecular flexibility index (Phi) is 2.43. The number of nitrogens with zero attached hydrogens (tertiary/aromatic N) is 1. The molecule has 1 aliphatic carbocycles. The second kappa shape index (κ2) is 4.01. The van der Waals surface area contributed by atoms with Gasteiger partial charge in [-0.1, -0.05) is 12.1 Å². The molecule has 1 atom stereocenters. The van der Waals surface area contributed by atoms with Crippen LogP contribution in [0.5, 0.6) is 5.75 Å².